The van der Waals surface area contributed by atoms with Gasteiger partial charge < -0.3 is 10.2 Å². The highest BCUT2D eigenvalue weighted by atomic mass is 16.3. The molecule has 0 saturated heterocycles. The minimum atomic E-state index is -0.859. The van der Waals surface area contributed by atoms with Crippen LogP contribution in [0.3, 0.4) is 0 Å². The third-order valence-electron chi connectivity index (χ3n) is 3.93. The second-order valence-electron chi connectivity index (χ2n) is 5.24. The Morgan fingerprint density at radius 3 is 1.76 bits per heavy atom. The van der Waals surface area contributed by atoms with Crippen molar-refractivity contribution in [2.45, 2.75) is 96.7 Å². The lowest BCUT2D eigenvalue weighted by molar-refractivity contribution is -0.0835. The van der Waals surface area contributed by atoms with Gasteiger partial charge in [0.15, 0.2) is 0 Å². The third-order valence-corrected chi connectivity index (χ3v) is 3.93. The highest BCUT2D eigenvalue weighted by molar-refractivity contribution is 4.83. The summed E-state index contributed by atoms with van der Waals surface area (Å²) in [5.41, 5.74) is -0.859. The smallest absolute Gasteiger partial charge is 0.0900 e. The van der Waals surface area contributed by atoms with Gasteiger partial charge in [-0.1, -0.05) is 65.7 Å². The molecule has 0 aliphatic carbocycles. The van der Waals surface area contributed by atoms with Gasteiger partial charge in [-0.25, -0.2) is 0 Å². The molecule has 0 saturated carbocycles. The van der Waals surface area contributed by atoms with Crippen molar-refractivity contribution in [1.82, 2.24) is 0 Å². The Balaban J connectivity index is 3.54. The van der Waals surface area contributed by atoms with Crippen molar-refractivity contribution in [2.24, 2.45) is 0 Å². The fraction of sp³-hybridized carbons (Fsp3) is 1.00. The van der Waals surface area contributed by atoms with Crippen LogP contribution in [0.4, 0.5) is 0 Å². The molecule has 2 nitrogen and oxygen atoms in total. The normalized spacial score (nSPS) is 13.9. The van der Waals surface area contributed by atoms with Crippen LogP contribution >= 0.6 is 0 Å². The van der Waals surface area contributed by atoms with E-state index in [-0.39, 0.29) is 0 Å². The van der Waals surface area contributed by atoms with Crippen LogP contribution in [0.5, 0.6) is 0 Å². The molecule has 104 valence electrons. The number of unbranched alkanes of at least 4 members (excludes halogenated alkanes) is 6. The zero-order valence-corrected chi connectivity index (χ0v) is 12.0. The number of hydrogen-bond acceptors (Lipinski definition) is 2. The molecule has 0 aromatic heterocycles. The zero-order chi connectivity index (χ0) is 13.1. The predicted molar refractivity (Wildman–Crippen MR) is 74.1 cm³/mol. The first-order valence-electron chi connectivity index (χ1n) is 7.51. The molecule has 0 aliphatic rings. The minimum Gasteiger partial charge on any atom is -0.390 e. The van der Waals surface area contributed by atoms with Crippen molar-refractivity contribution in [1.29, 1.82) is 0 Å². The van der Waals surface area contributed by atoms with Crippen LogP contribution in [0, 0.1) is 0 Å². The molecular formula is C15H32O2. The van der Waals surface area contributed by atoms with E-state index in [1.807, 2.05) is 13.8 Å². The van der Waals surface area contributed by atoms with E-state index in [1.54, 1.807) is 0 Å². The van der Waals surface area contributed by atoms with Gasteiger partial charge in [0.1, 0.15) is 0 Å². The second-order valence-corrected chi connectivity index (χ2v) is 5.24. The van der Waals surface area contributed by atoms with Gasteiger partial charge in [-0.2, -0.15) is 0 Å². The molecule has 0 heterocycles. The summed E-state index contributed by atoms with van der Waals surface area (Å²) in [6, 6.07) is 0. The first-order valence-corrected chi connectivity index (χ1v) is 7.51. The van der Waals surface area contributed by atoms with Gasteiger partial charge in [-0.05, 0) is 19.3 Å². The van der Waals surface area contributed by atoms with Crippen molar-refractivity contribution in [2.75, 3.05) is 0 Å². The average molecular weight is 244 g/mol. The van der Waals surface area contributed by atoms with Crippen LogP contribution in [-0.4, -0.2) is 21.9 Å². The third kappa shape index (κ3) is 7.05. The van der Waals surface area contributed by atoms with E-state index in [9.17, 15) is 10.2 Å². The molecule has 0 aromatic carbocycles. The molecule has 1 unspecified atom stereocenters. The van der Waals surface area contributed by atoms with Crippen LogP contribution in [0.15, 0.2) is 0 Å². The van der Waals surface area contributed by atoms with Crippen molar-refractivity contribution >= 4 is 0 Å². The van der Waals surface area contributed by atoms with Crippen LogP contribution in [-0.2, 0) is 0 Å². The predicted octanol–water partition coefficient (Wildman–Crippen LogP) is 4.04. The summed E-state index contributed by atoms with van der Waals surface area (Å²) >= 11 is 0. The van der Waals surface area contributed by atoms with Crippen molar-refractivity contribution in [3.8, 4) is 0 Å². The van der Waals surface area contributed by atoms with E-state index in [0.29, 0.717) is 12.8 Å². The van der Waals surface area contributed by atoms with Gasteiger partial charge in [0, 0.05) is 0 Å². The topological polar surface area (TPSA) is 40.5 Å². The summed E-state index contributed by atoms with van der Waals surface area (Å²) in [4.78, 5) is 0. The van der Waals surface area contributed by atoms with Gasteiger partial charge >= 0.3 is 0 Å². The fourth-order valence-corrected chi connectivity index (χ4v) is 2.28. The lowest BCUT2D eigenvalue weighted by atomic mass is 9.87. The van der Waals surface area contributed by atoms with Gasteiger partial charge in [0.2, 0.25) is 0 Å². The first-order chi connectivity index (χ1) is 8.10. The van der Waals surface area contributed by atoms with Crippen LogP contribution in [0.1, 0.15) is 85.0 Å². The molecule has 0 amide bonds. The SMILES string of the molecule is CCCCCCCCCC(O)C(O)(CC)CC. The summed E-state index contributed by atoms with van der Waals surface area (Å²) in [7, 11) is 0. The van der Waals surface area contributed by atoms with E-state index in [0.717, 1.165) is 12.8 Å². The maximum atomic E-state index is 10.1. The number of aliphatic hydroxyl groups is 2. The van der Waals surface area contributed by atoms with E-state index >= 15 is 0 Å². The minimum absolute atomic E-state index is 0.548. The molecule has 0 fully saturated rings. The largest absolute Gasteiger partial charge is 0.390 e. The summed E-state index contributed by atoms with van der Waals surface area (Å²) in [5.74, 6) is 0. The van der Waals surface area contributed by atoms with E-state index in [1.165, 1.54) is 38.5 Å². The molecule has 0 aliphatic heterocycles. The monoisotopic (exact) mass is 244 g/mol. The van der Waals surface area contributed by atoms with Gasteiger partial charge in [0.05, 0.1) is 11.7 Å². The van der Waals surface area contributed by atoms with Gasteiger partial charge in [0.25, 0.3) is 0 Å². The van der Waals surface area contributed by atoms with Crippen molar-refractivity contribution in [3.63, 3.8) is 0 Å². The molecule has 1 atom stereocenters. The van der Waals surface area contributed by atoms with Gasteiger partial charge in [-0.3, -0.25) is 0 Å². The first kappa shape index (κ1) is 16.9. The van der Waals surface area contributed by atoms with Crippen molar-refractivity contribution < 1.29 is 10.2 Å². The Hall–Kier alpha value is -0.0800. The molecular weight excluding hydrogens is 212 g/mol. The molecule has 0 radical (unpaired) electrons. The Morgan fingerprint density at radius 1 is 0.824 bits per heavy atom. The quantitative estimate of drug-likeness (QED) is 0.539. The average Bonchev–Trinajstić information content (AvgIpc) is 2.36. The zero-order valence-electron chi connectivity index (χ0n) is 12.0. The summed E-state index contributed by atoms with van der Waals surface area (Å²) < 4.78 is 0. The lowest BCUT2D eigenvalue weighted by Gasteiger charge is -2.31. The van der Waals surface area contributed by atoms with E-state index in [4.69, 9.17) is 0 Å². The van der Waals surface area contributed by atoms with E-state index in [2.05, 4.69) is 6.92 Å². The summed E-state index contributed by atoms with van der Waals surface area (Å²) in [6.07, 6.45) is 10.3. The fourth-order valence-electron chi connectivity index (χ4n) is 2.28. The summed E-state index contributed by atoms with van der Waals surface area (Å²) in [6.45, 7) is 6.11. The molecule has 0 rings (SSSR count). The Morgan fingerprint density at radius 2 is 1.29 bits per heavy atom. The van der Waals surface area contributed by atoms with Crippen molar-refractivity contribution in [3.05, 3.63) is 0 Å². The Bertz CT molecular complexity index is 164. The van der Waals surface area contributed by atoms with Crippen LogP contribution in [0.25, 0.3) is 0 Å². The Labute approximate surface area is 107 Å². The maximum Gasteiger partial charge on any atom is 0.0900 e. The number of rotatable bonds is 11. The Kier molecular flexibility index (Phi) is 9.85. The summed E-state index contributed by atoms with van der Waals surface area (Å²) in [5, 5.41) is 20.1. The van der Waals surface area contributed by atoms with Crippen LogP contribution < -0.4 is 0 Å². The van der Waals surface area contributed by atoms with Gasteiger partial charge in [-0.15, -0.1) is 0 Å². The van der Waals surface area contributed by atoms with Crippen LogP contribution in [0.2, 0.25) is 0 Å². The maximum absolute atomic E-state index is 10.1. The standard InChI is InChI=1S/C15H32O2/c1-4-7-8-9-10-11-12-13-14(16)15(17,5-2)6-3/h14,16-17H,4-13H2,1-3H3. The number of aliphatic hydroxyl groups excluding tert-OH is 1. The van der Waals surface area contributed by atoms with E-state index < -0.39 is 11.7 Å². The lowest BCUT2D eigenvalue weighted by Crippen LogP contribution is -2.41. The highest BCUT2D eigenvalue weighted by Crippen LogP contribution is 2.23. The molecule has 0 aromatic rings. The molecule has 17 heavy (non-hydrogen) atoms. The molecule has 0 bridgehead atoms. The molecule has 2 heteroatoms. The molecule has 0 spiro atoms. The number of hydrogen-bond donors (Lipinski definition) is 2. The second kappa shape index (κ2) is 9.90. The highest BCUT2D eigenvalue weighted by Gasteiger charge is 2.30. The molecule has 2 N–H and O–H groups in total.